The van der Waals surface area contributed by atoms with Crippen LogP contribution < -0.4 is 10.1 Å². The van der Waals surface area contributed by atoms with Gasteiger partial charge in [0.05, 0.1) is 7.11 Å². The molecule has 0 bridgehead atoms. The van der Waals surface area contributed by atoms with Crippen molar-refractivity contribution in [3.63, 3.8) is 0 Å². The number of nitrogens with zero attached hydrogens (tertiary/aromatic N) is 3. The molecule has 0 saturated heterocycles. The maximum atomic E-state index is 9.86. The fourth-order valence-electron chi connectivity index (χ4n) is 2.70. The van der Waals surface area contributed by atoms with E-state index in [1.165, 1.54) is 7.11 Å². The van der Waals surface area contributed by atoms with Crippen molar-refractivity contribution in [2.24, 2.45) is 0 Å². The molecule has 0 aliphatic rings. The van der Waals surface area contributed by atoms with Gasteiger partial charge in [0.15, 0.2) is 11.5 Å². The summed E-state index contributed by atoms with van der Waals surface area (Å²) in [6.07, 6.45) is 3.57. The van der Waals surface area contributed by atoms with Crippen LogP contribution in [0.15, 0.2) is 60.9 Å². The van der Waals surface area contributed by atoms with Gasteiger partial charge >= 0.3 is 0 Å². The first kappa shape index (κ1) is 16.2. The minimum atomic E-state index is 0.0744. The van der Waals surface area contributed by atoms with Gasteiger partial charge in [-0.25, -0.2) is 9.97 Å². The van der Waals surface area contributed by atoms with E-state index < -0.39 is 0 Å². The second-order valence-electron chi connectivity index (χ2n) is 5.62. The molecular weight excluding hydrogens is 352 g/mol. The molecule has 4 aromatic rings. The standard InChI is InChI=1S/C19H15ClN4O2/c1-26-16-11-12(3-8-15(16)25)17-18(22-14-6-4-13(20)5-7-14)24-10-2-9-21-19(24)23-17/h2-11,22,25H,1H3. The van der Waals surface area contributed by atoms with E-state index in [2.05, 4.69) is 15.3 Å². The topological polar surface area (TPSA) is 71.7 Å². The number of aromatic nitrogens is 3. The molecule has 130 valence electrons. The summed E-state index contributed by atoms with van der Waals surface area (Å²) in [7, 11) is 1.51. The number of halogens is 1. The van der Waals surface area contributed by atoms with Gasteiger partial charge in [0.1, 0.15) is 11.5 Å². The minimum Gasteiger partial charge on any atom is -0.504 e. The number of fused-ring (bicyclic) bond motifs is 1. The molecule has 0 aliphatic carbocycles. The maximum absolute atomic E-state index is 9.86. The smallest absolute Gasteiger partial charge is 0.235 e. The molecule has 2 aromatic heterocycles. The lowest BCUT2D eigenvalue weighted by molar-refractivity contribution is 0.373. The predicted octanol–water partition coefficient (Wildman–Crippen LogP) is 4.51. The van der Waals surface area contributed by atoms with E-state index in [1.807, 2.05) is 40.9 Å². The third-order valence-corrected chi connectivity index (χ3v) is 4.22. The van der Waals surface area contributed by atoms with Crippen LogP contribution in [0.2, 0.25) is 5.02 Å². The quantitative estimate of drug-likeness (QED) is 0.556. The van der Waals surface area contributed by atoms with Crippen LogP contribution in [0.3, 0.4) is 0 Å². The van der Waals surface area contributed by atoms with Gasteiger partial charge in [-0.1, -0.05) is 11.6 Å². The van der Waals surface area contributed by atoms with Crippen molar-refractivity contribution in [2.45, 2.75) is 0 Å². The SMILES string of the molecule is COc1cc(-c2nc3ncccn3c2Nc2ccc(Cl)cc2)ccc1O. The van der Waals surface area contributed by atoms with Crippen molar-refractivity contribution in [2.75, 3.05) is 12.4 Å². The molecule has 0 amide bonds. The highest BCUT2D eigenvalue weighted by Gasteiger charge is 2.16. The van der Waals surface area contributed by atoms with Crippen LogP contribution in [-0.2, 0) is 0 Å². The first-order chi connectivity index (χ1) is 12.7. The summed E-state index contributed by atoms with van der Waals surface area (Å²) < 4.78 is 7.08. The van der Waals surface area contributed by atoms with Crippen molar-refractivity contribution in [1.29, 1.82) is 0 Å². The number of phenols is 1. The molecule has 0 radical (unpaired) electrons. The molecule has 0 aliphatic heterocycles. The molecule has 0 spiro atoms. The zero-order chi connectivity index (χ0) is 18.1. The molecule has 7 heteroatoms. The lowest BCUT2D eigenvalue weighted by Crippen LogP contribution is -1.97. The number of aromatic hydroxyl groups is 1. The van der Waals surface area contributed by atoms with Crippen molar-refractivity contribution in [1.82, 2.24) is 14.4 Å². The number of benzene rings is 2. The Morgan fingerprint density at radius 1 is 1.15 bits per heavy atom. The Morgan fingerprint density at radius 2 is 1.96 bits per heavy atom. The van der Waals surface area contributed by atoms with Crippen LogP contribution >= 0.6 is 11.6 Å². The first-order valence-electron chi connectivity index (χ1n) is 7.89. The van der Waals surface area contributed by atoms with Crippen molar-refractivity contribution in [3.05, 3.63) is 65.9 Å². The summed E-state index contributed by atoms with van der Waals surface area (Å²) in [6.45, 7) is 0. The van der Waals surface area contributed by atoms with Crippen LogP contribution in [0.5, 0.6) is 11.5 Å². The second kappa shape index (κ2) is 6.57. The van der Waals surface area contributed by atoms with E-state index in [-0.39, 0.29) is 5.75 Å². The third kappa shape index (κ3) is 2.91. The molecule has 4 rings (SSSR count). The summed E-state index contributed by atoms with van der Waals surface area (Å²) in [4.78, 5) is 8.94. The Hall–Kier alpha value is -3.25. The van der Waals surface area contributed by atoms with Crippen molar-refractivity contribution < 1.29 is 9.84 Å². The van der Waals surface area contributed by atoms with E-state index in [4.69, 9.17) is 16.3 Å². The largest absolute Gasteiger partial charge is 0.504 e. The van der Waals surface area contributed by atoms with E-state index in [1.54, 1.807) is 24.4 Å². The third-order valence-electron chi connectivity index (χ3n) is 3.96. The number of rotatable bonds is 4. The summed E-state index contributed by atoms with van der Waals surface area (Å²) in [5, 5.41) is 13.9. The van der Waals surface area contributed by atoms with E-state index in [9.17, 15) is 5.11 Å². The average Bonchev–Trinajstić information content (AvgIpc) is 3.02. The van der Waals surface area contributed by atoms with Crippen LogP contribution in [0.25, 0.3) is 17.0 Å². The van der Waals surface area contributed by atoms with Crippen molar-refractivity contribution >= 4 is 28.9 Å². The van der Waals surface area contributed by atoms with Gasteiger partial charge in [0, 0.05) is 28.7 Å². The zero-order valence-corrected chi connectivity index (χ0v) is 14.6. The van der Waals surface area contributed by atoms with E-state index >= 15 is 0 Å². The van der Waals surface area contributed by atoms with Gasteiger partial charge in [-0.05, 0) is 48.5 Å². The number of hydrogen-bond acceptors (Lipinski definition) is 5. The molecule has 0 atom stereocenters. The van der Waals surface area contributed by atoms with Gasteiger partial charge < -0.3 is 15.2 Å². The number of nitrogens with one attached hydrogen (secondary N) is 1. The van der Waals surface area contributed by atoms with E-state index in [0.717, 1.165) is 17.1 Å². The molecule has 2 heterocycles. The molecular formula is C19H15ClN4O2. The lowest BCUT2D eigenvalue weighted by atomic mass is 10.1. The molecule has 6 nitrogen and oxygen atoms in total. The Morgan fingerprint density at radius 3 is 2.73 bits per heavy atom. The van der Waals surface area contributed by atoms with Crippen LogP contribution in [0, 0.1) is 0 Å². The van der Waals surface area contributed by atoms with Crippen LogP contribution in [0.1, 0.15) is 0 Å². The Bertz CT molecular complexity index is 1080. The maximum Gasteiger partial charge on any atom is 0.235 e. The fourth-order valence-corrected chi connectivity index (χ4v) is 2.83. The van der Waals surface area contributed by atoms with Gasteiger partial charge in [0.25, 0.3) is 0 Å². The number of hydrogen-bond donors (Lipinski definition) is 2. The Labute approximate surface area is 154 Å². The van der Waals surface area contributed by atoms with Gasteiger partial charge in [-0.15, -0.1) is 0 Å². The normalized spacial score (nSPS) is 10.8. The molecule has 0 unspecified atom stereocenters. The molecule has 2 N–H and O–H groups in total. The molecule has 0 saturated carbocycles. The molecule has 2 aromatic carbocycles. The summed E-state index contributed by atoms with van der Waals surface area (Å²) in [5.74, 6) is 1.77. The lowest BCUT2D eigenvalue weighted by Gasteiger charge is -2.10. The number of phenolic OH excluding ortho intramolecular Hbond substituents is 1. The van der Waals surface area contributed by atoms with Gasteiger partial charge in [-0.2, -0.15) is 0 Å². The van der Waals surface area contributed by atoms with Crippen LogP contribution in [0.4, 0.5) is 11.5 Å². The monoisotopic (exact) mass is 366 g/mol. The highest BCUT2D eigenvalue weighted by molar-refractivity contribution is 6.30. The Balaban J connectivity index is 1.87. The Kier molecular flexibility index (Phi) is 4.10. The van der Waals surface area contributed by atoms with Gasteiger partial charge in [-0.3, -0.25) is 4.40 Å². The van der Waals surface area contributed by atoms with Gasteiger partial charge in [0.2, 0.25) is 5.78 Å². The summed E-state index contributed by atoms with van der Waals surface area (Å²) in [6, 6.07) is 14.3. The first-order valence-corrected chi connectivity index (χ1v) is 8.26. The fraction of sp³-hybridized carbons (Fsp3) is 0.0526. The highest BCUT2D eigenvalue weighted by Crippen LogP contribution is 2.35. The highest BCUT2D eigenvalue weighted by atomic mass is 35.5. The van der Waals surface area contributed by atoms with Crippen LogP contribution in [-0.4, -0.2) is 26.6 Å². The average molecular weight is 367 g/mol. The van der Waals surface area contributed by atoms with E-state index in [0.29, 0.717) is 22.2 Å². The zero-order valence-electron chi connectivity index (χ0n) is 13.8. The summed E-state index contributed by atoms with van der Waals surface area (Å²) in [5.41, 5.74) is 2.35. The molecule has 0 fully saturated rings. The molecule has 26 heavy (non-hydrogen) atoms. The minimum absolute atomic E-state index is 0.0744. The predicted molar refractivity (Wildman–Crippen MR) is 101 cm³/mol. The number of ether oxygens (including phenoxy) is 1. The number of methoxy groups -OCH3 is 1. The number of anilines is 2. The summed E-state index contributed by atoms with van der Waals surface area (Å²) >= 11 is 5.97. The second-order valence-corrected chi connectivity index (χ2v) is 6.05. The van der Waals surface area contributed by atoms with Crippen molar-refractivity contribution in [3.8, 4) is 22.8 Å². The number of imidazole rings is 1.